The highest BCUT2D eigenvalue weighted by Gasteiger charge is 2.16. The molecule has 3 heteroatoms. The van der Waals surface area contributed by atoms with Gasteiger partial charge in [0.15, 0.2) is 0 Å². The zero-order chi connectivity index (χ0) is 19.0. The van der Waals surface area contributed by atoms with E-state index in [-0.39, 0.29) is 12.1 Å². The van der Waals surface area contributed by atoms with E-state index in [1.54, 1.807) is 0 Å². The summed E-state index contributed by atoms with van der Waals surface area (Å²) in [5.74, 6) is 0.646. The molecule has 0 saturated heterocycles. The highest BCUT2D eigenvalue weighted by Crippen LogP contribution is 2.18. The third kappa shape index (κ3) is 12.5. The monoisotopic (exact) mass is 366 g/mol. The van der Waals surface area contributed by atoms with Crippen molar-refractivity contribution < 1.29 is 14.6 Å². The first-order chi connectivity index (χ1) is 12.6. The van der Waals surface area contributed by atoms with E-state index in [0.29, 0.717) is 13.0 Å². The number of hydrogen-bond acceptors (Lipinski definition) is 3. The third-order valence-corrected chi connectivity index (χ3v) is 5.65. The van der Waals surface area contributed by atoms with Crippen molar-refractivity contribution in [1.82, 2.24) is 0 Å². The minimum atomic E-state index is -0.323. The lowest BCUT2D eigenvalue weighted by molar-refractivity contribution is -0.134. The summed E-state index contributed by atoms with van der Waals surface area (Å²) >= 11 is 0. The quantitative estimate of drug-likeness (QED) is 0.241. The maximum Gasteiger partial charge on any atom is 0.331 e. The molecule has 0 bridgehead atoms. The van der Waals surface area contributed by atoms with Crippen molar-refractivity contribution in [2.75, 3.05) is 6.61 Å². The van der Waals surface area contributed by atoms with Crippen LogP contribution >= 0.6 is 0 Å². The van der Waals surface area contributed by atoms with Crippen molar-refractivity contribution in [2.24, 2.45) is 5.92 Å². The van der Waals surface area contributed by atoms with Crippen molar-refractivity contribution in [3.63, 3.8) is 0 Å². The molecule has 3 nitrogen and oxygen atoms in total. The Bertz CT molecular complexity index is 389. The first-order valence-electron chi connectivity index (χ1n) is 11.2. The molecule has 1 N–H and O–H groups in total. The molecular weight excluding hydrogens is 324 g/mol. The molecule has 1 aliphatic rings. The zero-order valence-corrected chi connectivity index (χ0v) is 17.3. The van der Waals surface area contributed by atoms with E-state index in [1.807, 2.05) is 0 Å². The van der Waals surface area contributed by atoms with Crippen LogP contribution in [0.3, 0.4) is 0 Å². The van der Waals surface area contributed by atoms with Crippen LogP contribution in [-0.2, 0) is 9.53 Å². The predicted octanol–water partition coefficient (Wildman–Crippen LogP) is 6.34. The maximum atomic E-state index is 11.0. The number of cyclic esters (lactones) is 1. The van der Waals surface area contributed by atoms with Crippen molar-refractivity contribution in [3.8, 4) is 0 Å². The molecule has 0 radical (unpaired) electrons. The van der Waals surface area contributed by atoms with Gasteiger partial charge in [0, 0.05) is 6.08 Å². The van der Waals surface area contributed by atoms with Crippen molar-refractivity contribution in [2.45, 2.75) is 116 Å². The number of carbonyl (C=O) groups excluding carboxylic acids is 1. The summed E-state index contributed by atoms with van der Waals surface area (Å²) in [5.41, 5.74) is 0.933. The largest absolute Gasteiger partial charge is 0.458 e. The molecule has 0 aromatic rings. The van der Waals surface area contributed by atoms with Gasteiger partial charge in [0.2, 0.25) is 0 Å². The Hall–Kier alpha value is -0.830. The topological polar surface area (TPSA) is 46.5 Å². The summed E-state index contributed by atoms with van der Waals surface area (Å²) in [5, 5.41) is 9.99. The number of aliphatic hydroxyl groups is 1. The van der Waals surface area contributed by atoms with Gasteiger partial charge in [0.05, 0.1) is 6.10 Å². The molecule has 0 aromatic carbocycles. The van der Waals surface area contributed by atoms with Gasteiger partial charge in [-0.1, -0.05) is 97.3 Å². The van der Waals surface area contributed by atoms with E-state index >= 15 is 0 Å². The Morgan fingerprint density at radius 3 is 1.88 bits per heavy atom. The van der Waals surface area contributed by atoms with Gasteiger partial charge in [-0.15, -0.1) is 0 Å². The standard InChI is InChI=1S/C23H42O3/c1-3-20(2)15-13-11-9-7-5-4-6-8-10-12-14-16-22(24)17-21-18-23(25)26-19-21/h18,20,22,24H,3-17,19H2,1-2H3/t20?,22-/m1/s1. The molecule has 0 spiro atoms. The molecule has 1 heterocycles. The average molecular weight is 367 g/mol. The molecule has 152 valence electrons. The highest BCUT2D eigenvalue weighted by molar-refractivity contribution is 5.85. The number of esters is 1. The molecule has 1 aliphatic heterocycles. The van der Waals surface area contributed by atoms with Crippen LogP contribution in [-0.4, -0.2) is 23.8 Å². The van der Waals surface area contributed by atoms with E-state index in [2.05, 4.69) is 13.8 Å². The lowest BCUT2D eigenvalue weighted by Crippen LogP contribution is -2.08. The van der Waals surface area contributed by atoms with Gasteiger partial charge in [0.25, 0.3) is 0 Å². The van der Waals surface area contributed by atoms with Crippen LogP contribution in [0.1, 0.15) is 110 Å². The number of rotatable bonds is 17. The molecule has 2 atom stereocenters. The van der Waals surface area contributed by atoms with Crippen molar-refractivity contribution in [3.05, 3.63) is 11.6 Å². The van der Waals surface area contributed by atoms with Crippen LogP contribution in [0, 0.1) is 5.92 Å². The summed E-state index contributed by atoms with van der Waals surface area (Å²) in [7, 11) is 0. The Balaban J connectivity index is 1.78. The number of unbranched alkanes of at least 4 members (excludes halogenated alkanes) is 10. The molecule has 1 rings (SSSR count). The number of carbonyl (C=O) groups is 1. The van der Waals surface area contributed by atoms with E-state index in [1.165, 1.54) is 83.1 Å². The first-order valence-corrected chi connectivity index (χ1v) is 11.2. The summed E-state index contributed by atoms with van der Waals surface area (Å²) < 4.78 is 4.85. The van der Waals surface area contributed by atoms with Gasteiger partial charge in [-0.2, -0.15) is 0 Å². The zero-order valence-electron chi connectivity index (χ0n) is 17.3. The smallest absolute Gasteiger partial charge is 0.331 e. The molecule has 0 amide bonds. The van der Waals surface area contributed by atoms with Gasteiger partial charge >= 0.3 is 5.97 Å². The molecular formula is C23H42O3. The minimum absolute atomic E-state index is 0.265. The maximum absolute atomic E-state index is 11.0. The SMILES string of the molecule is CCC(C)CCCCCCCCCCCCC[C@@H](O)CC1=CC(=O)OC1. The summed E-state index contributed by atoms with van der Waals surface area (Å²) in [6, 6.07) is 0. The number of ether oxygens (including phenoxy) is 1. The normalized spacial score (nSPS) is 16.4. The van der Waals surface area contributed by atoms with Gasteiger partial charge in [-0.3, -0.25) is 0 Å². The second kappa shape index (κ2) is 15.2. The van der Waals surface area contributed by atoms with Crippen LogP contribution in [0.15, 0.2) is 11.6 Å². The molecule has 1 unspecified atom stereocenters. The molecule has 0 saturated carbocycles. The van der Waals surface area contributed by atoms with E-state index < -0.39 is 0 Å². The van der Waals surface area contributed by atoms with Crippen LogP contribution in [0.4, 0.5) is 0 Å². The predicted molar refractivity (Wildman–Crippen MR) is 109 cm³/mol. The fraction of sp³-hybridized carbons (Fsp3) is 0.870. The van der Waals surface area contributed by atoms with Gasteiger partial charge in [0.1, 0.15) is 6.61 Å². The first kappa shape index (κ1) is 23.2. The number of hydrogen-bond donors (Lipinski definition) is 1. The summed E-state index contributed by atoms with van der Waals surface area (Å²) in [4.78, 5) is 11.0. The van der Waals surface area contributed by atoms with Gasteiger partial charge in [-0.25, -0.2) is 4.79 Å². The Kier molecular flexibility index (Phi) is 13.6. The van der Waals surface area contributed by atoms with Gasteiger partial charge < -0.3 is 9.84 Å². The van der Waals surface area contributed by atoms with Crippen LogP contribution in [0.5, 0.6) is 0 Å². The highest BCUT2D eigenvalue weighted by atomic mass is 16.5. The summed E-state index contributed by atoms with van der Waals surface area (Å²) in [6.07, 6.45) is 20.1. The van der Waals surface area contributed by atoms with E-state index in [4.69, 9.17) is 4.74 Å². The third-order valence-electron chi connectivity index (χ3n) is 5.65. The average Bonchev–Trinajstić information content (AvgIpc) is 3.03. The fourth-order valence-electron chi connectivity index (χ4n) is 3.60. The molecule has 0 aliphatic carbocycles. The van der Waals surface area contributed by atoms with Gasteiger partial charge in [-0.05, 0) is 24.3 Å². The minimum Gasteiger partial charge on any atom is -0.458 e. The molecule has 26 heavy (non-hydrogen) atoms. The van der Waals surface area contributed by atoms with Crippen molar-refractivity contribution >= 4 is 5.97 Å². The Morgan fingerprint density at radius 2 is 1.42 bits per heavy atom. The van der Waals surface area contributed by atoms with E-state index in [0.717, 1.165) is 24.3 Å². The van der Waals surface area contributed by atoms with E-state index in [9.17, 15) is 9.90 Å². The summed E-state index contributed by atoms with van der Waals surface area (Å²) in [6.45, 7) is 5.03. The molecule has 0 aromatic heterocycles. The van der Waals surface area contributed by atoms with Crippen LogP contribution in [0.25, 0.3) is 0 Å². The lowest BCUT2D eigenvalue weighted by Gasteiger charge is -2.10. The Labute approximate surface area is 161 Å². The van der Waals surface area contributed by atoms with Crippen LogP contribution < -0.4 is 0 Å². The molecule has 0 fully saturated rings. The second-order valence-electron chi connectivity index (χ2n) is 8.25. The number of aliphatic hydroxyl groups excluding tert-OH is 1. The fourth-order valence-corrected chi connectivity index (χ4v) is 3.60. The van der Waals surface area contributed by atoms with Crippen molar-refractivity contribution in [1.29, 1.82) is 0 Å². The Morgan fingerprint density at radius 1 is 0.923 bits per heavy atom. The second-order valence-corrected chi connectivity index (χ2v) is 8.25. The lowest BCUT2D eigenvalue weighted by atomic mass is 9.99. The van der Waals surface area contributed by atoms with Crippen LogP contribution in [0.2, 0.25) is 0 Å².